The topological polar surface area (TPSA) is 29.3 Å². The van der Waals surface area contributed by atoms with Gasteiger partial charge in [0.05, 0.1) is 0 Å². The van der Waals surface area contributed by atoms with Crippen LogP contribution in [0.5, 0.6) is 0 Å². The highest BCUT2D eigenvalue weighted by Gasteiger charge is 2.13. The molecule has 0 spiro atoms. The smallest absolute Gasteiger partial charge is 0.0442 e. The van der Waals surface area contributed by atoms with Crippen molar-refractivity contribution in [2.75, 3.05) is 11.9 Å². The van der Waals surface area contributed by atoms with E-state index in [0.717, 1.165) is 10.9 Å². The van der Waals surface area contributed by atoms with Crippen LogP contribution < -0.4 is 10.6 Å². The molecule has 0 aliphatic heterocycles. The Morgan fingerprint density at radius 1 is 1.10 bits per heavy atom. The molecule has 2 aromatic rings. The van der Waals surface area contributed by atoms with Gasteiger partial charge in [-0.15, -0.1) is 0 Å². The SMILES string of the molecule is Cc1ccc(N(C)c2ccc(Br)cc2CC(C)N)c(C)c1. The molecule has 21 heavy (non-hydrogen) atoms. The van der Waals surface area contributed by atoms with Crippen LogP contribution in [0.1, 0.15) is 23.6 Å². The molecule has 112 valence electrons. The summed E-state index contributed by atoms with van der Waals surface area (Å²) in [6.07, 6.45) is 0.865. The molecule has 2 rings (SSSR count). The minimum atomic E-state index is 0.144. The van der Waals surface area contributed by atoms with E-state index in [1.165, 1.54) is 28.1 Å². The lowest BCUT2D eigenvalue weighted by Gasteiger charge is -2.25. The Morgan fingerprint density at radius 2 is 1.76 bits per heavy atom. The van der Waals surface area contributed by atoms with Gasteiger partial charge in [-0.3, -0.25) is 0 Å². The molecule has 0 amide bonds. The number of nitrogens with two attached hydrogens (primary N) is 1. The van der Waals surface area contributed by atoms with Crippen LogP contribution in [0.15, 0.2) is 40.9 Å². The molecule has 0 aromatic heterocycles. The highest BCUT2D eigenvalue weighted by Crippen LogP contribution is 2.32. The molecule has 0 saturated heterocycles. The maximum atomic E-state index is 6.00. The van der Waals surface area contributed by atoms with Crippen LogP contribution in [0.2, 0.25) is 0 Å². The number of nitrogens with zero attached hydrogens (tertiary/aromatic N) is 1. The largest absolute Gasteiger partial charge is 0.344 e. The number of halogens is 1. The van der Waals surface area contributed by atoms with E-state index in [1.54, 1.807) is 0 Å². The van der Waals surface area contributed by atoms with Crippen LogP contribution >= 0.6 is 15.9 Å². The van der Waals surface area contributed by atoms with Gasteiger partial charge in [0.25, 0.3) is 0 Å². The highest BCUT2D eigenvalue weighted by atomic mass is 79.9. The molecule has 2 aromatic carbocycles. The molecule has 0 aliphatic rings. The molecule has 1 atom stereocenters. The molecule has 0 heterocycles. The van der Waals surface area contributed by atoms with Crippen molar-refractivity contribution in [3.63, 3.8) is 0 Å². The molecule has 0 radical (unpaired) electrons. The third kappa shape index (κ3) is 3.86. The molecule has 2 nitrogen and oxygen atoms in total. The Morgan fingerprint density at radius 3 is 2.38 bits per heavy atom. The number of benzene rings is 2. The zero-order valence-corrected chi connectivity index (χ0v) is 14.7. The summed E-state index contributed by atoms with van der Waals surface area (Å²) in [4.78, 5) is 2.25. The summed E-state index contributed by atoms with van der Waals surface area (Å²) in [5.41, 5.74) is 12.3. The fourth-order valence-electron chi connectivity index (χ4n) is 2.70. The normalized spacial score (nSPS) is 12.3. The van der Waals surface area contributed by atoms with Crippen molar-refractivity contribution in [1.29, 1.82) is 0 Å². The van der Waals surface area contributed by atoms with E-state index in [2.05, 4.69) is 78.1 Å². The first-order valence-electron chi connectivity index (χ1n) is 7.23. The van der Waals surface area contributed by atoms with Crippen molar-refractivity contribution < 1.29 is 0 Å². The molecular weight excluding hydrogens is 324 g/mol. The average Bonchev–Trinajstić information content (AvgIpc) is 2.37. The predicted octanol–water partition coefficient (Wildman–Crippen LogP) is 4.72. The summed E-state index contributed by atoms with van der Waals surface area (Å²) in [5.74, 6) is 0. The van der Waals surface area contributed by atoms with Gasteiger partial charge in [-0.1, -0.05) is 33.6 Å². The van der Waals surface area contributed by atoms with E-state index < -0.39 is 0 Å². The van der Waals surface area contributed by atoms with Gasteiger partial charge in [0.15, 0.2) is 0 Å². The molecule has 1 unspecified atom stereocenters. The Labute approximate surface area is 136 Å². The third-order valence-corrected chi connectivity index (χ3v) is 4.15. The van der Waals surface area contributed by atoms with E-state index in [9.17, 15) is 0 Å². The van der Waals surface area contributed by atoms with Gasteiger partial charge in [-0.25, -0.2) is 0 Å². The number of hydrogen-bond acceptors (Lipinski definition) is 2. The fourth-order valence-corrected chi connectivity index (χ4v) is 3.11. The zero-order valence-electron chi connectivity index (χ0n) is 13.2. The van der Waals surface area contributed by atoms with Crippen molar-refractivity contribution in [2.45, 2.75) is 33.2 Å². The highest BCUT2D eigenvalue weighted by molar-refractivity contribution is 9.10. The van der Waals surface area contributed by atoms with Gasteiger partial charge in [0.2, 0.25) is 0 Å². The first kappa shape index (κ1) is 16.1. The molecule has 0 saturated carbocycles. The Bertz CT molecular complexity index is 635. The summed E-state index contributed by atoms with van der Waals surface area (Å²) in [5, 5.41) is 0. The van der Waals surface area contributed by atoms with E-state index in [0.29, 0.717) is 0 Å². The maximum absolute atomic E-state index is 6.00. The van der Waals surface area contributed by atoms with Crippen LogP contribution in [0, 0.1) is 13.8 Å². The first-order chi connectivity index (χ1) is 9.88. The van der Waals surface area contributed by atoms with E-state index >= 15 is 0 Å². The average molecular weight is 347 g/mol. The van der Waals surface area contributed by atoms with E-state index in [-0.39, 0.29) is 6.04 Å². The fraction of sp³-hybridized carbons (Fsp3) is 0.333. The molecule has 2 N–H and O–H groups in total. The number of hydrogen-bond donors (Lipinski definition) is 1. The van der Waals surface area contributed by atoms with Crippen molar-refractivity contribution in [3.8, 4) is 0 Å². The van der Waals surface area contributed by atoms with Gasteiger partial charge < -0.3 is 10.6 Å². The number of anilines is 2. The summed E-state index contributed by atoms with van der Waals surface area (Å²) in [7, 11) is 2.12. The van der Waals surface area contributed by atoms with Crippen LogP contribution in [0.4, 0.5) is 11.4 Å². The molecular formula is C18H23BrN2. The number of rotatable bonds is 4. The van der Waals surface area contributed by atoms with E-state index in [4.69, 9.17) is 5.73 Å². The van der Waals surface area contributed by atoms with Crippen molar-refractivity contribution in [3.05, 3.63) is 57.6 Å². The van der Waals surface area contributed by atoms with Gasteiger partial charge >= 0.3 is 0 Å². The summed E-state index contributed by atoms with van der Waals surface area (Å²) < 4.78 is 1.09. The van der Waals surface area contributed by atoms with Crippen molar-refractivity contribution in [1.82, 2.24) is 0 Å². The van der Waals surface area contributed by atoms with Crippen LogP contribution in [-0.2, 0) is 6.42 Å². The van der Waals surface area contributed by atoms with Gasteiger partial charge in [0.1, 0.15) is 0 Å². The van der Waals surface area contributed by atoms with E-state index in [1.807, 2.05) is 6.92 Å². The Kier molecular flexibility index (Phi) is 5.07. The summed E-state index contributed by atoms with van der Waals surface area (Å²) >= 11 is 3.56. The first-order valence-corrected chi connectivity index (χ1v) is 8.02. The summed E-state index contributed by atoms with van der Waals surface area (Å²) in [6.45, 7) is 6.32. The standard InChI is InChI=1S/C18H23BrN2/c1-12-5-7-17(13(2)9-12)21(4)18-8-6-16(19)11-15(18)10-14(3)20/h5-9,11,14H,10,20H2,1-4H3. The molecule has 0 bridgehead atoms. The Hall–Kier alpha value is -1.32. The quantitative estimate of drug-likeness (QED) is 0.867. The number of aryl methyl sites for hydroxylation is 2. The molecule has 0 aliphatic carbocycles. The second kappa shape index (κ2) is 6.63. The van der Waals surface area contributed by atoms with Crippen LogP contribution in [0.25, 0.3) is 0 Å². The van der Waals surface area contributed by atoms with Crippen molar-refractivity contribution in [2.24, 2.45) is 5.73 Å². The Balaban J connectivity index is 2.44. The second-order valence-electron chi connectivity index (χ2n) is 5.80. The van der Waals surface area contributed by atoms with Gasteiger partial charge in [0, 0.05) is 28.9 Å². The lowest BCUT2D eigenvalue weighted by atomic mass is 10.0. The summed E-state index contributed by atoms with van der Waals surface area (Å²) in [6, 6.07) is 13.1. The monoisotopic (exact) mass is 346 g/mol. The third-order valence-electron chi connectivity index (χ3n) is 3.66. The lowest BCUT2D eigenvalue weighted by molar-refractivity contribution is 0.737. The minimum absolute atomic E-state index is 0.144. The van der Waals surface area contributed by atoms with Crippen molar-refractivity contribution >= 4 is 27.3 Å². The second-order valence-corrected chi connectivity index (χ2v) is 6.72. The van der Waals surface area contributed by atoms with Crippen LogP contribution in [0.3, 0.4) is 0 Å². The van der Waals surface area contributed by atoms with Crippen LogP contribution in [-0.4, -0.2) is 13.1 Å². The zero-order chi connectivity index (χ0) is 15.6. The van der Waals surface area contributed by atoms with Gasteiger partial charge in [-0.2, -0.15) is 0 Å². The maximum Gasteiger partial charge on any atom is 0.0442 e. The molecule has 3 heteroatoms. The minimum Gasteiger partial charge on any atom is -0.344 e. The molecule has 0 fully saturated rings. The van der Waals surface area contributed by atoms with Gasteiger partial charge in [-0.05, 0) is 62.6 Å². The lowest BCUT2D eigenvalue weighted by Crippen LogP contribution is -2.20. The predicted molar refractivity (Wildman–Crippen MR) is 95.5 cm³/mol.